The summed E-state index contributed by atoms with van der Waals surface area (Å²) in [5.74, 6) is -0.676. The summed E-state index contributed by atoms with van der Waals surface area (Å²) in [6.45, 7) is 2.35. The number of amides is 2. The third-order valence-corrected chi connectivity index (χ3v) is 3.63. The number of benzene rings is 2. The summed E-state index contributed by atoms with van der Waals surface area (Å²) < 4.78 is 29.2. The van der Waals surface area contributed by atoms with Crippen molar-refractivity contribution in [1.29, 1.82) is 0 Å². The number of hydrogen-bond donors (Lipinski definition) is 3. The summed E-state index contributed by atoms with van der Waals surface area (Å²) in [6, 6.07) is 12.9. The number of carbonyl (C=O) groups excluding carboxylic acids is 2. The summed E-state index contributed by atoms with van der Waals surface area (Å²) in [5, 5.41) is 8.26. The summed E-state index contributed by atoms with van der Waals surface area (Å²) in [6.07, 6.45) is 0. The predicted octanol–water partition coefficient (Wildman–Crippen LogP) is 4.32. The van der Waals surface area contributed by atoms with Crippen LogP contribution in [0.25, 0.3) is 0 Å². The van der Waals surface area contributed by atoms with Crippen molar-refractivity contribution in [2.75, 3.05) is 22.5 Å². The average Bonchev–Trinajstić information content (AvgIpc) is 2.61. The second-order valence-electron chi connectivity index (χ2n) is 7.06. The van der Waals surface area contributed by atoms with Gasteiger partial charge in [0.15, 0.2) is 0 Å². The molecule has 2 amide bonds. The maximum Gasteiger partial charge on any atom is 0.387 e. The highest BCUT2D eigenvalue weighted by molar-refractivity contribution is 5.96. The van der Waals surface area contributed by atoms with Crippen molar-refractivity contribution in [2.45, 2.75) is 27.4 Å². The number of carbonyl (C=O) groups is 2. The summed E-state index contributed by atoms with van der Waals surface area (Å²) >= 11 is 0. The molecule has 0 radical (unpaired) electrons. The van der Waals surface area contributed by atoms with Crippen molar-refractivity contribution < 1.29 is 23.1 Å². The van der Waals surface area contributed by atoms with Gasteiger partial charge in [0.25, 0.3) is 0 Å². The van der Waals surface area contributed by atoms with Crippen LogP contribution in [0.1, 0.15) is 20.8 Å². The Morgan fingerprint density at radius 1 is 1.00 bits per heavy atom. The first-order chi connectivity index (χ1) is 13.1. The normalized spacial score (nSPS) is 11.1. The first-order valence-corrected chi connectivity index (χ1v) is 8.64. The second-order valence-corrected chi connectivity index (χ2v) is 7.06. The molecule has 0 fully saturated rings. The van der Waals surface area contributed by atoms with Crippen LogP contribution in [-0.2, 0) is 9.59 Å². The average molecular weight is 391 g/mol. The second kappa shape index (κ2) is 9.16. The van der Waals surface area contributed by atoms with Crippen molar-refractivity contribution in [3.05, 3.63) is 48.5 Å². The molecule has 0 aromatic heterocycles. The van der Waals surface area contributed by atoms with E-state index in [1.54, 1.807) is 30.3 Å². The van der Waals surface area contributed by atoms with E-state index in [1.165, 1.54) is 18.2 Å². The van der Waals surface area contributed by atoms with Crippen molar-refractivity contribution in [2.24, 2.45) is 5.41 Å². The highest BCUT2D eigenvalue weighted by Crippen LogP contribution is 2.25. The molecular formula is C20H23F2N3O3. The zero-order valence-corrected chi connectivity index (χ0v) is 15.9. The fourth-order valence-corrected chi connectivity index (χ4v) is 2.17. The summed E-state index contributed by atoms with van der Waals surface area (Å²) in [5.41, 5.74) is 0.845. The summed E-state index contributed by atoms with van der Waals surface area (Å²) in [4.78, 5) is 24.2. The lowest BCUT2D eigenvalue weighted by atomic mass is 9.95. The van der Waals surface area contributed by atoms with E-state index in [4.69, 9.17) is 0 Å². The minimum atomic E-state index is -2.98. The van der Waals surface area contributed by atoms with Crippen molar-refractivity contribution >= 4 is 28.9 Å². The fourth-order valence-electron chi connectivity index (χ4n) is 2.17. The van der Waals surface area contributed by atoms with Crippen LogP contribution in [-0.4, -0.2) is 25.0 Å². The van der Waals surface area contributed by atoms with E-state index in [2.05, 4.69) is 20.7 Å². The van der Waals surface area contributed by atoms with Gasteiger partial charge in [-0.25, -0.2) is 0 Å². The molecule has 0 aliphatic carbocycles. The quantitative estimate of drug-likeness (QED) is 0.657. The van der Waals surface area contributed by atoms with Crippen LogP contribution in [0.5, 0.6) is 5.75 Å². The molecule has 0 saturated carbocycles. The van der Waals surface area contributed by atoms with Gasteiger partial charge in [-0.2, -0.15) is 8.78 Å². The van der Waals surface area contributed by atoms with Crippen LogP contribution in [0, 0.1) is 5.41 Å². The van der Waals surface area contributed by atoms with Crippen LogP contribution in [0.4, 0.5) is 25.8 Å². The van der Waals surface area contributed by atoms with Gasteiger partial charge in [-0.3, -0.25) is 9.59 Å². The Balaban J connectivity index is 1.95. The molecule has 2 rings (SSSR count). The zero-order chi connectivity index (χ0) is 20.7. The molecule has 0 aliphatic heterocycles. The van der Waals surface area contributed by atoms with Crippen LogP contribution in [0.3, 0.4) is 0 Å². The molecule has 3 N–H and O–H groups in total. The van der Waals surface area contributed by atoms with Gasteiger partial charge in [0.2, 0.25) is 11.8 Å². The third-order valence-electron chi connectivity index (χ3n) is 3.63. The molecule has 0 unspecified atom stereocenters. The van der Waals surface area contributed by atoms with E-state index in [0.29, 0.717) is 11.4 Å². The lowest BCUT2D eigenvalue weighted by Crippen LogP contribution is -2.27. The molecule has 0 atom stereocenters. The Bertz CT molecular complexity index is 835. The van der Waals surface area contributed by atoms with Crippen LogP contribution in [0.15, 0.2) is 48.5 Å². The number of para-hydroxylation sites is 2. The lowest BCUT2D eigenvalue weighted by molar-refractivity contribution is -0.123. The SMILES string of the molecule is CC(C)(C)C(=O)Nc1cccc(NCC(=O)Nc2ccccc2OC(F)F)c1. The Labute approximate surface area is 162 Å². The number of rotatable bonds is 7. The molecule has 6 nitrogen and oxygen atoms in total. The van der Waals surface area contributed by atoms with Gasteiger partial charge in [-0.05, 0) is 30.3 Å². The van der Waals surface area contributed by atoms with E-state index < -0.39 is 17.9 Å². The monoisotopic (exact) mass is 391 g/mol. The van der Waals surface area contributed by atoms with E-state index in [9.17, 15) is 18.4 Å². The van der Waals surface area contributed by atoms with Crippen LogP contribution < -0.4 is 20.7 Å². The largest absolute Gasteiger partial charge is 0.433 e. The number of nitrogens with one attached hydrogen (secondary N) is 3. The molecule has 0 aliphatic rings. The Hall–Kier alpha value is -3.16. The zero-order valence-electron chi connectivity index (χ0n) is 15.9. The van der Waals surface area contributed by atoms with Gasteiger partial charge in [0.1, 0.15) is 5.75 Å². The Kier molecular flexibility index (Phi) is 6.92. The molecule has 0 bridgehead atoms. The molecule has 2 aromatic carbocycles. The van der Waals surface area contributed by atoms with Crippen molar-refractivity contribution in [3.8, 4) is 5.75 Å². The number of halogens is 2. The molecule has 0 saturated heterocycles. The fraction of sp³-hybridized carbons (Fsp3) is 0.300. The number of ether oxygens (including phenoxy) is 1. The minimum Gasteiger partial charge on any atom is -0.433 e. The molecular weight excluding hydrogens is 368 g/mol. The number of alkyl halides is 2. The maximum atomic E-state index is 12.4. The number of anilines is 3. The molecule has 2 aromatic rings. The Morgan fingerprint density at radius 2 is 1.68 bits per heavy atom. The van der Waals surface area contributed by atoms with Gasteiger partial charge < -0.3 is 20.7 Å². The van der Waals surface area contributed by atoms with Gasteiger partial charge in [-0.15, -0.1) is 0 Å². The van der Waals surface area contributed by atoms with Gasteiger partial charge in [-0.1, -0.05) is 39.0 Å². The Morgan fingerprint density at radius 3 is 2.36 bits per heavy atom. The number of hydrogen-bond acceptors (Lipinski definition) is 4. The minimum absolute atomic E-state index is 0.0975. The van der Waals surface area contributed by atoms with E-state index in [1.807, 2.05) is 20.8 Å². The highest BCUT2D eigenvalue weighted by atomic mass is 19.3. The van der Waals surface area contributed by atoms with Gasteiger partial charge >= 0.3 is 6.61 Å². The van der Waals surface area contributed by atoms with Crippen molar-refractivity contribution in [3.63, 3.8) is 0 Å². The highest BCUT2D eigenvalue weighted by Gasteiger charge is 2.21. The molecule has 0 spiro atoms. The molecule has 28 heavy (non-hydrogen) atoms. The first kappa shape index (κ1) is 21.1. The molecule has 150 valence electrons. The standard InChI is InChI=1S/C20H23F2N3O3/c1-20(2,3)18(27)24-14-8-6-7-13(11-14)23-12-17(26)25-15-9-4-5-10-16(15)28-19(21)22/h4-11,19,23H,12H2,1-3H3,(H,24,27)(H,25,26). The van der Waals surface area contributed by atoms with Crippen LogP contribution in [0.2, 0.25) is 0 Å². The topological polar surface area (TPSA) is 79.5 Å². The van der Waals surface area contributed by atoms with Gasteiger partial charge in [0.05, 0.1) is 12.2 Å². The lowest BCUT2D eigenvalue weighted by Gasteiger charge is -2.18. The summed E-state index contributed by atoms with van der Waals surface area (Å²) in [7, 11) is 0. The predicted molar refractivity (Wildman–Crippen MR) is 105 cm³/mol. The first-order valence-electron chi connectivity index (χ1n) is 8.64. The molecule has 0 heterocycles. The maximum absolute atomic E-state index is 12.4. The smallest absolute Gasteiger partial charge is 0.387 e. The van der Waals surface area contributed by atoms with E-state index >= 15 is 0 Å². The van der Waals surface area contributed by atoms with Crippen molar-refractivity contribution in [1.82, 2.24) is 0 Å². The third kappa shape index (κ3) is 6.53. The van der Waals surface area contributed by atoms with E-state index in [-0.39, 0.29) is 23.9 Å². The van der Waals surface area contributed by atoms with Crippen LogP contribution >= 0.6 is 0 Å². The van der Waals surface area contributed by atoms with E-state index in [0.717, 1.165) is 0 Å². The molecule has 8 heteroatoms. The van der Waals surface area contributed by atoms with Gasteiger partial charge in [0, 0.05) is 16.8 Å².